The van der Waals surface area contributed by atoms with Gasteiger partial charge in [0.15, 0.2) is 0 Å². The second-order valence-corrected chi connectivity index (χ2v) is 6.98. The third kappa shape index (κ3) is 6.87. The van der Waals surface area contributed by atoms with E-state index in [2.05, 4.69) is 5.32 Å². The Kier molecular flexibility index (Phi) is 7.05. The van der Waals surface area contributed by atoms with Crippen LogP contribution in [0, 0.1) is 5.41 Å². The monoisotopic (exact) mass is 329 g/mol. The van der Waals surface area contributed by atoms with E-state index in [4.69, 9.17) is 16.7 Å². The minimum atomic E-state index is -0.937. The van der Waals surface area contributed by atoms with Gasteiger partial charge in [-0.05, 0) is 50.3 Å². The molecule has 0 fully saturated rings. The summed E-state index contributed by atoms with van der Waals surface area (Å²) in [4.78, 5) is 23.7. The molecule has 0 aromatic heterocycles. The average molecular weight is 330 g/mol. The molecule has 0 radical (unpaired) electrons. The molecule has 1 amide bonds. The zero-order chi connectivity index (χ0) is 15.9. The van der Waals surface area contributed by atoms with Crippen LogP contribution in [0.15, 0.2) is 29.2 Å². The SMILES string of the molecule is CC(C)(CNC(=O)CCCSc1ccc(Cl)cc1)C(=O)O. The molecule has 0 bridgehead atoms. The second kappa shape index (κ2) is 8.29. The highest BCUT2D eigenvalue weighted by Gasteiger charge is 2.27. The van der Waals surface area contributed by atoms with Crippen molar-refractivity contribution in [1.82, 2.24) is 5.32 Å². The van der Waals surface area contributed by atoms with Crippen molar-refractivity contribution in [1.29, 1.82) is 0 Å². The van der Waals surface area contributed by atoms with Crippen LogP contribution in [0.2, 0.25) is 5.02 Å². The van der Waals surface area contributed by atoms with Crippen molar-refractivity contribution < 1.29 is 14.7 Å². The maximum atomic E-state index is 11.6. The molecule has 0 unspecified atom stereocenters. The number of carboxylic acids is 1. The Hall–Kier alpha value is -1.20. The molecule has 0 saturated heterocycles. The van der Waals surface area contributed by atoms with E-state index in [1.54, 1.807) is 25.6 Å². The number of benzene rings is 1. The molecule has 0 heterocycles. The molecule has 0 aliphatic heterocycles. The van der Waals surface area contributed by atoms with Gasteiger partial charge < -0.3 is 10.4 Å². The van der Waals surface area contributed by atoms with E-state index >= 15 is 0 Å². The summed E-state index contributed by atoms with van der Waals surface area (Å²) in [7, 11) is 0. The highest BCUT2D eigenvalue weighted by molar-refractivity contribution is 7.99. The number of amides is 1. The van der Waals surface area contributed by atoms with Gasteiger partial charge in [0.2, 0.25) is 5.91 Å². The molecule has 0 atom stereocenters. The van der Waals surface area contributed by atoms with E-state index < -0.39 is 11.4 Å². The molecule has 4 nitrogen and oxygen atoms in total. The van der Waals surface area contributed by atoms with Gasteiger partial charge in [-0.1, -0.05) is 11.6 Å². The topological polar surface area (TPSA) is 66.4 Å². The fourth-order valence-corrected chi connectivity index (χ4v) is 2.42. The Morgan fingerprint density at radius 3 is 2.48 bits per heavy atom. The van der Waals surface area contributed by atoms with Gasteiger partial charge in [0.1, 0.15) is 0 Å². The smallest absolute Gasteiger partial charge is 0.310 e. The van der Waals surface area contributed by atoms with Crippen molar-refractivity contribution in [3.63, 3.8) is 0 Å². The quantitative estimate of drug-likeness (QED) is 0.566. The van der Waals surface area contributed by atoms with Crippen molar-refractivity contribution in [2.75, 3.05) is 12.3 Å². The van der Waals surface area contributed by atoms with Gasteiger partial charge in [-0.25, -0.2) is 0 Å². The largest absolute Gasteiger partial charge is 0.481 e. The van der Waals surface area contributed by atoms with Gasteiger partial charge in [-0.3, -0.25) is 9.59 Å². The number of thioether (sulfide) groups is 1. The number of halogens is 1. The Morgan fingerprint density at radius 1 is 1.29 bits per heavy atom. The Balaban J connectivity index is 2.19. The molecular formula is C15H20ClNO3S. The third-order valence-electron chi connectivity index (χ3n) is 2.94. The molecule has 2 N–H and O–H groups in total. The van der Waals surface area contributed by atoms with Crippen LogP contribution in [-0.4, -0.2) is 29.3 Å². The van der Waals surface area contributed by atoms with E-state index in [-0.39, 0.29) is 12.5 Å². The first-order valence-corrected chi connectivity index (χ1v) is 8.06. The van der Waals surface area contributed by atoms with E-state index in [1.807, 2.05) is 24.3 Å². The van der Waals surface area contributed by atoms with Crippen molar-refractivity contribution in [2.24, 2.45) is 5.41 Å². The van der Waals surface area contributed by atoms with Gasteiger partial charge in [-0.15, -0.1) is 11.8 Å². The molecular weight excluding hydrogens is 310 g/mol. The summed E-state index contributed by atoms with van der Waals surface area (Å²) in [6.45, 7) is 3.32. The lowest BCUT2D eigenvalue weighted by Crippen LogP contribution is -2.38. The molecule has 6 heteroatoms. The minimum absolute atomic E-state index is 0.110. The van der Waals surface area contributed by atoms with Gasteiger partial charge in [0.25, 0.3) is 0 Å². The molecule has 1 aromatic rings. The molecule has 116 valence electrons. The van der Waals surface area contributed by atoms with Crippen LogP contribution in [0.1, 0.15) is 26.7 Å². The number of hydrogen-bond donors (Lipinski definition) is 2. The summed E-state index contributed by atoms with van der Waals surface area (Å²) in [6.07, 6.45) is 1.14. The van der Waals surface area contributed by atoms with Crippen LogP contribution >= 0.6 is 23.4 Å². The lowest BCUT2D eigenvalue weighted by atomic mass is 9.94. The van der Waals surface area contributed by atoms with Crippen molar-refractivity contribution >= 4 is 35.2 Å². The summed E-state index contributed by atoms with van der Waals surface area (Å²) in [5.74, 6) is -0.195. The lowest BCUT2D eigenvalue weighted by molar-refractivity contribution is -0.146. The highest BCUT2D eigenvalue weighted by atomic mass is 35.5. The normalized spacial score (nSPS) is 11.2. The fraction of sp³-hybridized carbons (Fsp3) is 0.467. The zero-order valence-corrected chi connectivity index (χ0v) is 13.8. The number of carbonyl (C=O) groups excluding carboxylic acids is 1. The Labute approximate surface area is 134 Å². The third-order valence-corrected chi connectivity index (χ3v) is 4.29. The number of aliphatic carboxylic acids is 1. The average Bonchev–Trinajstić information content (AvgIpc) is 2.43. The van der Waals surface area contributed by atoms with E-state index in [0.717, 1.165) is 17.1 Å². The molecule has 0 aliphatic rings. The minimum Gasteiger partial charge on any atom is -0.481 e. The predicted octanol–water partition coefficient (Wildman–Crippen LogP) is 3.44. The van der Waals surface area contributed by atoms with Crippen LogP contribution in [0.25, 0.3) is 0 Å². The van der Waals surface area contributed by atoms with E-state index in [9.17, 15) is 9.59 Å². The molecule has 1 rings (SSSR count). The van der Waals surface area contributed by atoms with E-state index in [1.165, 1.54) is 0 Å². The number of carbonyl (C=O) groups is 2. The Bertz CT molecular complexity index is 488. The maximum absolute atomic E-state index is 11.6. The van der Waals surface area contributed by atoms with Crippen LogP contribution in [-0.2, 0) is 9.59 Å². The fourth-order valence-electron chi connectivity index (χ4n) is 1.44. The summed E-state index contributed by atoms with van der Waals surface area (Å²) < 4.78 is 0. The summed E-state index contributed by atoms with van der Waals surface area (Å²) in [5, 5.41) is 12.3. The summed E-state index contributed by atoms with van der Waals surface area (Å²) in [5.41, 5.74) is -0.937. The van der Waals surface area contributed by atoms with Crippen LogP contribution in [0.4, 0.5) is 0 Å². The first kappa shape index (κ1) is 17.9. The standard InChI is InChI=1S/C15H20ClNO3S/c1-15(2,14(19)20)10-17-13(18)4-3-9-21-12-7-5-11(16)6-8-12/h5-8H,3-4,9-10H2,1-2H3,(H,17,18)(H,19,20). The predicted molar refractivity (Wildman–Crippen MR) is 85.8 cm³/mol. The second-order valence-electron chi connectivity index (χ2n) is 5.37. The van der Waals surface area contributed by atoms with Crippen molar-refractivity contribution in [3.05, 3.63) is 29.3 Å². The highest BCUT2D eigenvalue weighted by Crippen LogP contribution is 2.21. The molecule has 0 saturated carbocycles. The lowest BCUT2D eigenvalue weighted by Gasteiger charge is -2.19. The number of hydrogen-bond acceptors (Lipinski definition) is 3. The van der Waals surface area contributed by atoms with Gasteiger partial charge in [0, 0.05) is 22.9 Å². The van der Waals surface area contributed by atoms with Gasteiger partial charge >= 0.3 is 5.97 Å². The molecule has 1 aromatic carbocycles. The Morgan fingerprint density at radius 2 is 1.90 bits per heavy atom. The molecule has 21 heavy (non-hydrogen) atoms. The number of rotatable bonds is 8. The van der Waals surface area contributed by atoms with E-state index in [0.29, 0.717) is 11.4 Å². The molecule has 0 aliphatic carbocycles. The van der Waals surface area contributed by atoms with Gasteiger partial charge in [-0.2, -0.15) is 0 Å². The van der Waals surface area contributed by atoms with Crippen molar-refractivity contribution in [2.45, 2.75) is 31.6 Å². The number of nitrogens with one attached hydrogen (secondary N) is 1. The van der Waals surface area contributed by atoms with Gasteiger partial charge in [0.05, 0.1) is 5.41 Å². The van der Waals surface area contributed by atoms with Crippen LogP contribution in [0.5, 0.6) is 0 Å². The summed E-state index contributed by atoms with van der Waals surface area (Å²) >= 11 is 7.47. The zero-order valence-electron chi connectivity index (χ0n) is 12.2. The first-order valence-electron chi connectivity index (χ1n) is 6.70. The van der Waals surface area contributed by atoms with Crippen LogP contribution < -0.4 is 5.32 Å². The first-order chi connectivity index (χ1) is 9.81. The van der Waals surface area contributed by atoms with Crippen molar-refractivity contribution in [3.8, 4) is 0 Å². The summed E-state index contributed by atoms with van der Waals surface area (Å²) in [6, 6.07) is 7.57. The molecule has 0 spiro atoms. The number of carboxylic acid groups (broad SMARTS) is 1. The maximum Gasteiger partial charge on any atom is 0.310 e. The van der Waals surface area contributed by atoms with Crippen LogP contribution in [0.3, 0.4) is 0 Å².